The van der Waals surface area contributed by atoms with Crippen molar-refractivity contribution in [2.24, 2.45) is 0 Å². The van der Waals surface area contributed by atoms with Crippen LogP contribution in [0.4, 0.5) is 0 Å². The lowest BCUT2D eigenvalue weighted by atomic mass is 10.2. The van der Waals surface area contributed by atoms with Crippen LogP contribution in [0.2, 0.25) is 5.15 Å². The monoisotopic (exact) mass is 401 g/mol. The van der Waals surface area contributed by atoms with Crippen molar-refractivity contribution in [3.63, 3.8) is 0 Å². The largest absolute Gasteiger partial charge is 0.489 e. The van der Waals surface area contributed by atoms with Gasteiger partial charge in [0, 0.05) is 18.7 Å². The van der Waals surface area contributed by atoms with Gasteiger partial charge in [0.25, 0.3) is 0 Å². The standard InChI is InChI=1S/C21H24ClN3O3/c1-15-20(21(22)25(24-15)17-5-3-2-4-6-17)14-28-19-9-7-16(8-10-19)11-23-12-18(27)13-26/h2-10,18,23,26-27H,11-14H2,1H3/t18-/m1/s1. The van der Waals surface area contributed by atoms with Gasteiger partial charge in [-0.05, 0) is 36.8 Å². The number of hydrogen-bond donors (Lipinski definition) is 3. The smallest absolute Gasteiger partial charge is 0.139 e. The van der Waals surface area contributed by atoms with E-state index in [4.69, 9.17) is 21.4 Å². The van der Waals surface area contributed by atoms with Crippen LogP contribution in [0.15, 0.2) is 54.6 Å². The third-order valence-corrected chi connectivity index (χ3v) is 4.74. The highest BCUT2D eigenvalue weighted by Gasteiger charge is 2.15. The second kappa shape index (κ2) is 9.71. The molecule has 7 heteroatoms. The molecule has 6 nitrogen and oxygen atoms in total. The summed E-state index contributed by atoms with van der Waals surface area (Å²) >= 11 is 6.52. The highest BCUT2D eigenvalue weighted by atomic mass is 35.5. The quantitative estimate of drug-likeness (QED) is 0.513. The van der Waals surface area contributed by atoms with Crippen molar-refractivity contribution < 1.29 is 14.9 Å². The summed E-state index contributed by atoms with van der Waals surface area (Å²) in [6.45, 7) is 2.95. The summed E-state index contributed by atoms with van der Waals surface area (Å²) in [6.07, 6.45) is -0.743. The number of hydrogen-bond acceptors (Lipinski definition) is 5. The Kier molecular flexibility index (Phi) is 7.06. The molecule has 0 aliphatic carbocycles. The number of aryl methyl sites for hydroxylation is 1. The number of nitrogens with one attached hydrogen (secondary N) is 1. The third kappa shape index (κ3) is 5.11. The van der Waals surface area contributed by atoms with Crippen molar-refractivity contribution in [3.05, 3.63) is 76.6 Å². The zero-order valence-corrected chi connectivity index (χ0v) is 16.4. The average Bonchev–Trinajstić information content (AvgIpc) is 3.01. The molecule has 0 unspecified atom stereocenters. The Morgan fingerprint density at radius 1 is 1.14 bits per heavy atom. The predicted octanol–water partition coefficient (Wildman–Crippen LogP) is 2.86. The molecule has 0 saturated heterocycles. The maximum atomic E-state index is 9.33. The summed E-state index contributed by atoms with van der Waals surface area (Å²) in [5.41, 5.74) is 3.65. The first-order valence-electron chi connectivity index (χ1n) is 9.09. The fourth-order valence-corrected chi connectivity index (χ4v) is 3.07. The molecular weight excluding hydrogens is 378 g/mol. The fourth-order valence-electron chi connectivity index (χ4n) is 2.74. The van der Waals surface area contributed by atoms with E-state index in [2.05, 4.69) is 10.4 Å². The van der Waals surface area contributed by atoms with Crippen LogP contribution in [0, 0.1) is 6.92 Å². The van der Waals surface area contributed by atoms with E-state index in [9.17, 15) is 5.11 Å². The lowest BCUT2D eigenvalue weighted by Crippen LogP contribution is -2.28. The summed E-state index contributed by atoms with van der Waals surface area (Å²) in [7, 11) is 0. The van der Waals surface area contributed by atoms with Crippen LogP contribution >= 0.6 is 11.6 Å². The zero-order chi connectivity index (χ0) is 19.9. The van der Waals surface area contributed by atoms with Gasteiger partial charge in [-0.15, -0.1) is 0 Å². The van der Waals surface area contributed by atoms with Crippen molar-refractivity contribution in [3.8, 4) is 11.4 Å². The van der Waals surface area contributed by atoms with Crippen molar-refractivity contribution in [2.45, 2.75) is 26.2 Å². The van der Waals surface area contributed by atoms with Crippen LogP contribution in [-0.2, 0) is 13.2 Å². The molecule has 1 heterocycles. The number of para-hydroxylation sites is 1. The van der Waals surface area contributed by atoms with Gasteiger partial charge in [-0.3, -0.25) is 0 Å². The summed E-state index contributed by atoms with van der Waals surface area (Å²) in [6, 6.07) is 17.4. The van der Waals surface area contributed by atoms with Gasteiger partial charge >= 0.3 is 0 Å². The number of benzene rings is 2. The van der Waals surface area contributed by atoms with E-state index >= 15 is 0 Å². The Balaban J connectivity index is 1.59. The molecule has 0 aliphatic rings. The molecule has 3 aromatic rings. The van der Waals surface area contributed by atoms with Gasteiger partial charge in [-0.2, -0.15) is 5.10 Å². The first-order valence-corrected chi connectivity index (χ1v) is 9.47. The molecule has 0 spiro atoms. The van der Waals surface area contributed by atoms with Gasteiger partial charge in [-0.1, -0.05) is 41.9 Å². The van der Waals surface area contributed by atoms with Crippen LogP contribution in [0.25, 0.3) is 5.69 Å². The second-order valence-corrected chi connectivity index (χ2v) is 6.86. The van der Waals surface area contributed by atoms with E-state index in [1.807, 2.05) is 61.5 Å². The number of aliphatic hydroxyl groups excluding tert-OH is 2. The van der Waals surface area contributed by atoms with Crippen LogP contribution in [0.5, 0.6) is 5.75 Å². The Morgan fingerprint density at radius 3 is 2.54 bits per heavy atom. The molecule has 3 N–H and O–H groups in total. The number of nitrogens with zero attached hydrogens (tertiary/aromatic N) is 2. The predicted molar refractivity (Wildman–Crippen MR) is 109 cm³/mol. The first-order chi connectivity index (χ1) is 13.6. The molecule has 0 amide bonds. The van der Waals surface area contributed by atoms with E-state index in [0.29, 0.717) is 24.8 Å². The zero-order valence-electron chi connectivity index (χ0n) is 15.7. The van der Waals surface area contributed by atoms with E-state index in [1.165, 1.54) is 0 Å². The van der Waals surface area contributed by atoms with Crippen molar-refractivity contribution in [1.29, 1.82) is 0 Å². The van der Waals surface area contributed by atoms with Gasteiger partial charge < -0.3 is 20.3 Å². The molecule has 1 atom stereocenters. The summed E-state index contributed by atoms with van der Waals surface area (Å²) in [4.78, 5) is 0. The summed E-state index contributed by atoms with van der Waals surface area (Å²) in [5, 5.41) is 26.3. The summed E-state index contributed by atoms with van der Waals surface area (Å²) in [5.74, 6) is 0.738. The van der Waals surface area contributed by atoms with E-state index in [-0.39, 0.29) is 6.61 Å². The molecule has 3 rings (SSSR count). The maximum Gasteiger partial charge on any atom is 0.139 e. The minimum atomic E-state index is -0.743. The average molecular weight is 402 g/mol. The van der Waals surface area contributed by atoms with E-state index < -0.39 is 6.10 Å². The number of rotatable bonds is 9. The van der Waals surface area contributed by atoms with Crippen LogP contribution in [-0.4, -0.2) is 39.2 Å². The molecule has 0 fully saturated rings. The normalized spacial score (nSPS) is 12.1. The number of ether oxygens (including phenoxy) is 1. The number of aromatic nitrogens is 2. The van der Waals surface area contributed by atoms with Gasteiger partial charge in [0.2, 0.25) is 0 Å². The second-order valence-electron chi connectivity index (χ2n) is 6.50. The Hall–Kier alpha value is -2.38. The highest BCUT2D eigenvalue weighted by Crippen LogP contribution is 2.25. The van der Waals surface area contributed by atoms with E-state index in [0.717, 1.165) is 28.3 Å². The van der Waals surface area contributed by atoms with Crippen molar-refractivity contribution in [1.82, 2.24) is 15.1 Å². The van der Waals surface area contributed by atoms with Crippen LogP contribution in [0.1, 0.15) is 16.8 Å². The van der Waals surface area contributed by atoms with Gasteiger partial charge in [0.1, 0.15) is 17.5 Å². The number of aliphatic hydroxyl groups is 2. The molecule has 0 saturated carbocycles. The highest BCUT2D eigenvalue weighted by molar-refractivity contribution is 6.30. The minimum Gasteiger partial charge on any atom is -0.489 e. The molecule has 0 aliphatic heterocycles. The topological polar surface area (TPSA) is 79.5 Å². The lowest BCUT2D eigenvalue weighted by Gasteiger charge is -2.10. The number of halogens is 1. The van der Waals surface area contributed by atoms with Crippen molar-refractivity contribution in [2.75, 3.05) is 13.2 Å². The van der Waals surface area contributed by atoms with Gasteiger partial charge in [0.15, 0.2) is 0 Å². The lowest BCUT2D eigenvalue weighted by molar-refractivity contribution is 0.0942. The Labute approximate surface area is 169 Å². The molecule has 1 aromatic heterocycles. The molecular formula is C21H24ClN3O3. The Morgan fingerprint density at radius 2 is 1.86 bits per heavy atom. The van der Waals surface area contributed by atoms with Crippen LogP contribution in [0.3, 0.4) is 0 Å². The SMILES string of the molecule is Cc1nn(-c2ccccc2)c(Cl)c1COc1ccc(CNC[C@@H](O)CO)cc1. The fraction of sp³-hybridized carbons (Fsp3) is 0.286. The molecule has 0 bridgehead atoms. The maximum absolute atomic E-state index is 9.33. The summed E-state index contributed by atoms with van der Waals surface area (Å²) < 4.78 is 7.60. The van der Waals surface area contributed by atoms with Gasteiger partial charge in [-0.25, -0.2) is 4.68 Å². The molecule has 0 radical (unpaired) electrons. The van der Waals surface area contributed by atoms with E-state index in [1.54, 1.807) is 4.68 Å². The first kappa shape index (κ1) is 20.4. The van der Waals surface area contributed by atoms with Crippen LogP contribution < -0.4 is 10.1 Å². The molecule has 28 heavy (non-hydrogen) atoms. The third-order valence-electron chi connectivity index (χ3n) is 4.35. The van der Waals surface area contributed by atoms with Crippen molar-refractivity contribution >= 4 is 11.6 Å². The van der Waals surface area contributed by atoms with Gasteiger partial charge in [0.05, 0.1) is 24.1 Å². The molecule has 148 valence electrons. The molecule has 2 aromatic carbocycles. The minimum absolute atomic E-state index is 0.247. The Bertz CT molecular complexity index is 882.